The average molecular weight is 370 g/mol. The highest BCUT2D eigenvalue weighted by Gasteiger charge is 2.58. The number of allylic oxidation sites excluding steroid dienone is 2. The molecular formula is C20H23FN4O2. The van der Waals surface area contributed by atoms with Gasteiger partial charge in [0.1, 0.15) is 5.82 Å². The van der Waals surface area contributed by atoms with E-state index in [2.05, 4.69) is 27.8 Å². The van der Waals surface area contributed by atoms with Gasteiger partial charge < -0.3 is 10.6 Å². The third-order valence-electron chi connectivity index (χ3n) is 5.79. The number of rotatable bonds is 5. The van der Waals surface area contributed by atoms with Crippen LogP contribution >= 0.6 is 0 Å². The molecule has 1 saturated heterocycles. The number of benzene rings is 1. The highest BCUT2D eigenvalue weighted by molar-refractivity contribution is 6.06. The number of hydrogen-bond acceptors (Lipinski definition) is 3. The Morgan fingerprint density at radius 1 is 1.11 bits per heavy atom. The lowest BCUT2D eigenvalue weighted by Crippen LogP contribution is -2.43. The molecule has 3 aliphatic rings. The van der Waals surface area contributed by atoms with Crippen LogP contribution in [-0.4, -0.2) is 42.8 Å². The summed E-state index contributed by atoms with van der Waals surface area (Å²) in [7, 11) is 1.65. The number of hydrogen-bond donors (Lipinski definition) is 2. The fraction of sp³-hybridized carbons (Fsp3) is 0.450. The Balaban J connectivity index is 1.27. The van der Waals surface area contributed by atoms with Gasteiger partial charge in [0.2, 0.25) is 11.8 Å². The number of imide groups is 1. The van der Waals surface area contributed by atoms with Crippen molar-refractivity contribution in [3.05, 3.63) is 47.8 Å². The monoisotopic (exact) mass is 370 g/mol. The molecule has 0 aromatic heterocycles. The summed E-state index contributed by atoms with van der Waals surface area (Å²) in [5, 5.41) is 6.26. The first-order chi connectivity index (χ1) is 13.1. The molecule has 2 N–H and O–H groups in total. The Bertz CT molecular complexity index is 775. The van der Waals surface area contributed by atoms with Gasteiger partial charge in [0, 0.05) is 26.7 Å². The van der Waals surface area contributed by atoms with Crippen molar-refractivity contribution in [1.29, 1.82) is 0 Å². The van der Waals surface area contributed by atoms with Crippen LogP contribution in [0.3, 0.4) is 0 Å². The van der Waals surface area contributed by atoms with Gasteiger partial charge in [0.15, 0.2) is 5.96 Å². The standard InChI is InChI=1S/C20H23FN4O2/c1-22-20(24-11-12-2-6-15(21)7-3-12)23-8-9-25-18(26)16-13-4-5-14(10-13)17(16)19(25)27/h2-7,13-14,16-17H,8-11H2,1H3,(H2,22,23,24). The SMILES string of the molecule is CN=C(NCCN1C(=O)C2C3C=CC(C3)C2C1=O)NCc1ccc(F)cc1. The first-order valence-corrected chi connectivity index (χ1v) is 9.31. The van der Waals surface area contributed by atoms with Crippen LogP contribution in [-0.2, 0) is 16.1 Å². The number of likely N-dealkylation sites (tertiary alicyclic amines) is 1. The third-order valence-corrected chi connectivity index (χ3v) is 5.79. The Morgan fingerprint density at radius 3 is 2.33 bits per heavy atom. The second-order valence-electron chi connectivity index (χ2n) is 7.31. The number of aliphatic imine (C=N–C) groups is 1. The van der Waals surface area contributed by atoms with Gasteiger partial charge in [-0.1, -0.05) is 24.3 Å². The van der Waals surface area contributed by atoms with Crippen LogP contribution in [0.5, 0.6) is 0 Å². The molecule has 2 amide bonds. The van der Waals surface area contributed by atoms with E-state index in [0.717, 1.165) is 12.0 Å². The summed E-state index contributed by atoms with van der Waals surface area (Å²) < 4.78 is 12.9. The summed E-state index contributed by atoms with van der Waals surface area (Å²) >= 11 is 0. The van der Waals surface area contributed by atoms with Gasteiger partial charge >= 0.3 is 0 Å². The lowest BCUT2D eigenvalue weighted by atomic mass is 9.85. The van der Waals surface area contributed by atoms with Crippen LogP contribution in [0.25, 0.3) is 0 Å². The van der Waals surface area contributed by atoms with Crippen molar-refractivity contribution < 1.29 is 14.0 Å². The van der Waals surface area contributed by atoms with E-state index in [4.69, 9.17) is 0 Å². The zero-order chi connectivity index (χ0) is 19.0. The maximum atomic E-state index is 12.9. The van der Waals surface area contributed by atoms with Crippen LogP contribution in [0.2, 0.25) is 0 Å². The topological polar surface area (TPSA) is 73.8 Å². The number of nitrogens with zero attached hydrogens (tertiary/aromatic N) is 2. The van der Waals surface area contributed by atoms with Crippen LogP contribution in [0.15, 0.2) is 41.4 Å². The summed E-state index contributed by atoms with van der Waals surface area (Å²) in [4.78, 5) is 30.8. The highest BCUT2D eigenvalue weighted by atomic mass is 19.1. The Morgan fingerprint density at radius 2 is 1.74 bits per heavy atom. The number of halogens is 1. The minimum atomic E-state index is -0.269. The third kappa shape index (κ3) is 3.22. The minimum absolute atomic E-state index is 0.0297. The zero-order valence-electron chi connectivity index (χ0n) is 15.2. The molecule has 0 radical (unpaired) electrons. The maximum Gasteiger partial charge on any atom is 0.233 e. The number of carbonyl (C=O) groups is 2. The summed E-state index contributed by atoms with van der Waals surface area (Å²) in [5.41, 5.74) is 0.931. The van der Waals surface area contributed by atoms with E-state index in [-0.39, 0.29) is 41.3 Å². The molecule has 4 rings (SSSR count). The van der Waals surface area contributed by atoms with E-state index >= 15 is 0 Å². The van der Waals surface area contributed by atoms with Crippen LogP contribution in [0.4, 0.5) is 4.39 Å². The maximum absolute atomic E-state index is 12.9. The quantitative estimate of drug-likeness (QED) is 0.355. The molecule has 1 aromatic carbocycles. The Kier molecular flexibility index (Phi) is 4.68. The smallest absolute Gasteiger partial charge is 0.233 e. The van der Waals surface area contributed by atoms with Crippen molar-refractivity contribution in [2.24, 2.45) is 28.7 Å². The van der Waals surface area contributed by atoms with E-state index in [0.29, 0.717) is 25.6 Å². The van der Waals surface area contributed by atoms with Gasteiger partial charge in [0.05, 0.1) is 11.8 Å². The van der Waals surface area contributed by atoms with Gasteiger partial charge in [-0.2, -0.15) is 0 Å². The van der Waals surface area contributed by atoms with Crippen molar-refractivity contribution in [3.63, 3.8) is 0 Å². The number of guanidine groups is 1. The number of amides is 2. The van der Waals surface area contributed by atoms with E-state index in [9.17, 15) is 14.0 Å². The van der Waals surface area contributed by atoms with Gasteiger partial charge in [-0.05, 0) is 36.0 Å². The summed E-state index contributed by atoms with van der Waals surface area (Å²) in [6.07, 6.45) is 5.14. The number of fused-ring (bicyclic) bond motifs is 5. The molecule has 2 aliphatic carbocycles. The first-order valence-electron chi connectivity index (χ1n) is 9.31. The normalized spacial score (nSPS) is 28.8. The molecule has 0 spiro atoms. The van der Waals surface area contributed by atoms with Crippen molar-refractivity contribution >= 4 is 17.8 Å². The van der Waals surface area contributed by atoms with Crippen molar-refractivity contribution in [2.45, 2.75) is 13.0 Å². The fourth-order valence-corrected chi connectivity index (χ4v) is 4.48. The van der Waals surface area contributed by atoms with Crippen LogP contribution in [0.1, 0.15) is 12.0 Å². The lowest BCUT2D eigenvalue weighted by Gasteiger charge is -2.18. The largest absolute Gasteiger partial charge is 0.355 e. The molecule has 2 bridgehead atoms. The van der Waals surface area contributed by atoms with Gasteiger partial charge in [-0.25, -0.2) is 4.39 Å². The Labute approximate surface area is 157 Å². The molecule has 7 heteroatoms. The highest BCUT2D eigenvalue weighted by Crippen LogP contribution is 2.52. The molecule has 142 valence electrons. The Hall–Kier alpha value is -2.70. The number of carbonyl (C=O) groups excluding carboxylic acids is 2. The first kappa shape index (κ1) is 17.7. The lowest BCUT2D eigenvalue weighted by molar-refractivity contribution is -0.140. The van der Waals surface area contributed by atoms with E-state index in [1.54, 1.807) is 19.2 Å². The number of nitrogens with one attached hydrogen (secondary N) is 2. The van der Waals surface area contributed by atoms with Crippen LogP contribution < -0.4 is 10.6 Å². The average Bonchev–Trinajstić information content (AvgIpc) is 3.35. The van der Waals surface area contributed by atoms with E-state index in [1.165, 1.54) is 17.0 Å². The molecule has 4 atom stereocenters. The summed E-state index contributed by atoms with van der Waals surface area (Å²) in [5.74, 6) is 0.414. The van der Waals surface area contributed by atoms with Crippen molar-refractivity contribution in [2.75, 3.05) is 20.1 Å². The second-order valence-corrected chi connectivity index (χ2v) is 7.31. The molecule has 1 aromatic rings. The summed E-state index contributed by atoms with van der Waals surface area (Å²) in [6.45, 7) is 1.27. The molecule has 1 aliphatic heterocycles. The molecule has 1 heterocycles. The molecule has 27 heavy (non-hydrogen) atoms. The van der Waals surface area contributed by atoms with Gasteiger partial charge in [-0.3, -0.25) is 19.5 Å². The second kappa shape index (κ2) is 7.13. The fourth-order valence-electron chi connectivity index (χ4n) is 4.48. The van der Waals surface area contributed by atoms with Crippen molar-refractivity contribution in [1.82, 2.24) is 15.5 Å². The van der Waals surface area contributed by atoms with E-state index < -0.39 is 0 Å². The van der Waals surface area contributed by atoms with E-state index in [1.807, 2.05) is 0 Å². The minimum Gasteiger partial charge on any atom is -0.355 e. The van der Waals surface area contributed by atoms with Gasteiger partial charge in [0.25, 0.3) is 0 Å². The molecule has 2 fully saturated rings. The molecule has 4 unspecified atom stereocenters. The predicted octanol–water partition coefficient (Wildman–Crippen LogP) is 1.30. The van der Waals surface area contributed by atoms with Crippen LogP contribution in [0, 0.1) is 29.5 Å². The molecule has 1 saturated carbocycles. The zero-order valence-corrected chi connectivity index (χ0v) is 15.2. The van der Waals surface area contributed by atoms with Gasteiger partial charge in [-0.15, -0.1) is 0 Å². The molecular weight excluding hydrogens is 347 g/mol. The predicted molar refractivity (Wildman–Crippen MR) is 99.0 cm³/mol. The molecule has 6 nitrogen and oxygen atoms in total. The summed E-state index contributed by atoms with van der Waals surface area (Å²) in [6, 6.07) is 6.24. The van der Waals surface area contributed by atoms with Crippen molar-refractivity contribution in [3.8, 4) is 0 Å².